The Bertz CT molecular complexity index is 265. The van der Waals surface area contributed by atoms with Crippen molar-refractivity contribution in [1.29, 1.82) is 0 Å². The summed E-state index contributed by atoms with van der Waals surface area (Å²) >= 11 is 0. The normalized spacial score (nSPS) is 49.8. The van der Waals surface area contributed by atoms with Crippen molar-refractivity contribution in [3.63, 3.8) is 0 Å². The van der Waals surface area contributed by atoms with E-state index in [4.69, 9.17) is 11.5 Å². The molecule has 0 aromatic carbocycles. The van der Waals surface area contributed by atoms with Crippen molar-refractivity contribution in [2.24, 2.45) is 16.5 Å². The van der Waals surface area contributed by atoms with Gasteiger partial charge >= 0.3 is 5.79 Å². The zero-order chi connectivity index (χ0) is 8.82. The summed E-state index contributed by atoms with van der Waals surface area (Å²) in [5, 5.41) is 14.7. The topological polar surface area (TPSA) is 123 Å². The molecule has 0 saturated heterocycles. The maximum absolute atomic E-state index is 9.47. The number of nitrogens with zero attached hydrogens (tertiary/aromatic N) is 1. The monoisotopic (exact) mass is 171 g/mol. The van der Waals surface area contributed by atoms with E-state index in [0.717, 1.165) is 0 Å². The molecule has 0 bridgehead atoms. The summed E-state index contributed by atoms with van der Waals surface area (Å²) in [5.41, 5.74) is 10.3. The highest BCUT2D eigenvalue weighted by molar-refractivity contribution is 5.61. The van der Waals surface area contributed by atoms with Crippen LogP contribution in [0, 0.1) is 0 Å². The molecule has 0 radical (unpaired) electrons. The molecule has 0 amide bonds. The molecule has 2 aliphatic rings. The third kappa shape index (κ3) is 0.649. The maximum atomic E-state index is 9.47. The van der Waals surface area contributed by atoms with Crippen molar-refractivity contribution in [3.05, 3.63) is 0 Å². The Hall–Kier alpha value is -1.18. The molecule has 0 aromatic rings. The lowest BCUT2D eigenvalue weighted by Crippen LogP contribution is -2.96. The molecule has 7 nitrogen and oxygen atoms in total. The molecule has 0 saturated carbocycles. The first-order valence-electron chi connectivity index (χ1n) is 3.51. The van der Waals surface area contributed by atoms with Crippen molar-refractivity contribution < 1.29 is 10.1 Å². The lowest BCUT2D eigenvalue weighted by molar-refractivity contribution is -0.552. The van der Waals surface area contributed by atoms with E-state index in [2.05, 4.69) is 20.6 Å². The van der Waals surface area contributed by atoms with Crippen molar-refractivity contribution in [2.45, 2.75) is 17.7 Å². The van der Waals surface area contributed by atoms with Gasteiger partial charge in [0.05, 0.1) is 6.34 Å². The Morgan fingerprint density at radius 2 is 2.33 bits per heavy atom. The summed E-state index contributed by atoms with van der Waals surface area (Å²) < 4.78 is 0. The highest BCUT2D eigenvalue weighted by Crippen LogP contribution is 2.15. The van der Waals surface area contributed by atoms with Crippen LogP contribution in [0.15, 0.2) is 4.99 Å². The molecule has 0 spiro atoms. The van der Waals surface area contributed by atoms with E-state index in [1.165, 1.54) is 12.7 Å². The number of aliphatic imine (C=N–C) groups is 1. The number of nitrogens with two attached hydrogens (primary N) is 2. The molecule has 3 unspecified atom stereocenters. The number of aliphatic hydroxyl groups is 1. The van der Waals surface area contributed by atoms with Crippen LogP contribution in [0.1, 0.15) is 0 Å². The Morgan fingerprint density at radius 3 is 3.00 bits per heavy atom. The van der Waals surface area contributed by atoms with Gasteiger partial charge in [0.15, 0.2) is 6.23 Å². The highest BCUT2D eigenvalue weighted by atomic mass is 16.3. The lowest BCUT2D eigenvalue weighted by atomic mass is 10.0. The van der Waals surface area contributed by atoms with Crippen LogP contribution in [-0.4, -0.2) is 35.5 Å². The number of hydrogen-bond acceptors (Lipinski definition) is 6. The molecular formula is C5H11N6O+. The van der Waals surface area contributed by atoms with Crippen LogP contribution >= 0.6 is 0 Å². The van der Waals surface area contributed by atoms with Gasteiger partial charge in [-0.05, 0) is 0 Å². The van der Waals surface area contributed by atoms with Gasteiger partial charge in [0, 0.05) is 0 Å². The summed E-state index contributed by atoms with van der Waals surface area (Å²) in [5.74, 6) is -1.18. The Kier molecular flexibility index (Phi) is 1.21. The second-order valence-electron chi connectivity index (χ2n) is 2.90. The van der Waals surface area contributed by atoms with E-state index < -0.39 is 17.7 Å². The van der Waals surface area contributed by atoms with E-state index in [9.17, 15) is 5.11 Å². The summed E-state index contributed by atoms with van der Waals surface area (Å²) in [4.78, 5) is 6.62. The predicted molar refractivity (Wildman–Crippen MR) is 41.6 cm³/mol. The molecule has 12 heavy (non-hydrogen) atoms. The van der Waals surface area contributed by atoms with Gasteiger partial charge in [-0.3, -0.25) is 16.8 Å². The average Bonchev–Trinajstić information content (AvgIpc) is 2.30. The van der Waals surface area contributed by atoms with Crippen molar-refractivity contribution >= 4 is 12.7 Å². The van der Waals surface area contributed by atoms with E-state index in [-0.39, 0.29) is 0 Å². The molecule has 2 heterocycles. The minimum absolute atomic E-state index is 0.980. The van der Waals surface area contributed by atoms with E-state index in [1.807, 2.05) is 0 Å². The van der Waals surface area contributed by atoms with Gasteiger partial charge < -0.3 is 10.4 Å². The summed E-state index contributed by atoms with van der Waals surface area (Å²) in [6, 6.07) is 0. The molecule has 2 aliphatic heterocycles. The van der Waals surface area contributed by atoms with Gasteiger partial charge in [0.1, 0.15) is 0 Å². The van der Waals surface area contributed by atoms with Gasteiger partial charge in [0.25, 0.3) is 5.66 Å². The minimum atomic E-state index is -1.21. The van der Waals surface area contributed by atoms with E-state index in [1.54, 1.807) is 0 Å². The average molecular weight is 171 g/mol. The highest BCUT2D eigenvalue weighted by Gasteiger charge is 2.62. The molecule has 7 heteroatoms. The first-order valence-corrected chi connectivity index (χ1v) is 3.51. The standard InChI is InChI=1S/C5H10N6O/c6-4-3(12)8-1-10-5(4,7)11-2-9-4/h1-3,12H,6-7H2,(H,8,10)(H,9,11)/p+1. The number of rotatable bonds is 0. The zero-order valence-electron chi connectivity index (χ0n) is 6.28. The molecule has 2 rings (SSSR count). The van der Waals surface area contributed by atoms with Gasteiger partial charge in [-0.15, -0.1) is 0 Å². The predicted octanol–water partition coefficient (Wildman–Crippen LogP) is -5.08. The maximum Gasteiger partial charge on any atom is 0.315 e. The van der Waals surface area contributed by atoms with Crippen LogP contribution in [0.5, 0.6) is 0 Å². The number of nitrogens with one attached hydrogen (secondary N) is 3. The van der Waals surface area contributed by atoms with Gasteiger partial charge in [-0.1, -0.05) is 0 Å². The van der Waals surface area contributed by atoms with E-state index >= 15 is 0 Å². The first kappa shape index (κ1) is 7.47. The molecule has 0 fully saturated rings. The van der Waals surface area contributed by atoms with E-state index in [0.29, 0.717) is 0 Å². The second-order valence-corrected chi connectivity index (χ2v) is 2.90. The SMILES string of the molecule is NC12N=CNC(O)C1(N)NC=[NH+]2. The van der Waals surface area contributed by atoms with Gasteiger partial charge in [-0.2, -0.15) is 0 Å². The van der Waals surface area contributed by atoms with Crippen LogP contribution in [0.25, 0.3) is 0 Å². The third-order valence-corrected chi connectivity index (χ3v) is 2.17. The molecule has 0 aliphatic carbocycles. The summed E-state index contributed by atoms with van der Waals surface area (Å²) in [6.45, 7) is 0. The van der Waals surface area contributed by atoms with Crippen LogP contribution < -0.4 is 27.1 Å². The first-order chi connectivity index (χ1) is 5.58. The third-order valence-electron chi connectivity index (χ3n) is 2.17. The van der Waals surface area contributed by atoms with Crippen molar-refractivity contribution in [3.8, 4) is 0 Å². The van der Waals surface area contributed by atoms with Crippen molar-refractivity contribution in [2.75, 3.05) is 0 Å². The summed E-state index contributed by atoms with van der Waals surface area (Å²) in [6.07, 6.45) is 1.81. The zero-order valence-corrected chi connectivity index (χ0v) is 6.28. The minimum Gasteiger partial charge on any atom is -0.368 e. The largest absolute Gasteiger partial charge is 0.368 e. The fourth-order valence-electron chi connectivity index (χ4n) is 1.27. The van der Waals surface area contributed by atoms with Crippen LogP contribution in [0.4, 0.5) is 0 Å². The number of fused-ring (bicyclic) bond motifs is 1. The molecule has 0 aromatic heterocycles. The fraction of sp³-hybridized carbons (Fsp3) is 0.600. The van der Waals surface area contributed by atoms with Crippen molar-refractivity contribution in [1.82, 2.24) is 10.6 Å². The Balaban J connectivity index is 2.45. The Morgan fingerprint density at radius 1 is 1.58 bits per heavy atom. The number of hydrogen-bond donors (Lipinski definition) is 6. The smallest absolute Gasteiger partial charge is 0.315 e. The quantitative estimate of drug-likeness (QED) is 0.218. The lowest BCUT2D eigenvalue weighted by Gasteiger charge is -2.36. The second kappa shape index (κ2) is 1.94. The Labute approximate surface area is 68.6 Å². The molecular weight excluding hydrogens is 160 g/mol. The molecule has 66 valence electrons. The van der Waals surface area contributed by atoms with Crippen LogP contribution in [-0.2, 0) is 0 Å². The summed E-state index contributed by atoms with van der Waals surface area (Å²) in [7, 11) is 0. The molecule has 3 atom stereocenters. The van der Waals surface area contributed by atoms with Gasteiger partial charge in [0.2, 0.25) is 6.34 Å². The van der Waals surface area contributed by atoms with Crippen LogP contribution in [0.3, 0.4) is 0 Å². The van der Waals surface area contributed by atoms with Gasteiger partial charge in [-0.25, -0.2) is 9.98 Å². The number of aliphatic hydroxyl groups excluding tert-OH is 1. The fourth-order valence-corrected chi connectivity index (χ4v) is 1.27. The molecule has 8 N–H and O–H groups in total. The van der Waals surface area contributed by atoms with Crippen LogP contribution in [0.2, 0.25) is 0 Å².